The summed E-state index contributed by atoms with van der Waals surface area (Å²) < 4.78 is 46.4. The Morgan fingerprint density at radius 2 is 1.87 bits per heavy atom. The van der Waals surface area contributed by atoms with Crippen LogP contribution in [0.25, 0.3) is 0 Å². The van der Waals surface area contributed by atoms with Gasteiger partial charge in [-0.1, -0.05) is 0 Å². The van der Waals surface area contributed by atoms with Gasteiger partial charge in [-0.2, -0.15) is 4.31 Å². The van der Waals surface area contributed by atoms with Gasteiger partial charge in [-0.3, -0.25) is 9.59 Å². The van der Waals surface area contributed by atoms with Crippen LogP contribution in [-0.4, -0.2) is 50.8 Å². The fourth-order valence-corrected chi connectivity index (χ4v) is 6.65. The number of ether oxygens (including phenoxy) is 1. The molecule has 0 spiro atoms. The van der Waals surface area contributed by atoms with Crippen LogP contribution in [0.3, 0.4) is 0 Å². The van der Waals surface area contributed by atoms with E-state index in [4.69, 9.17) is 10.5 Å². The third-order valence-electron chi connectivity index (χ3n) is 5.43. The van der Waals surface area contributed by atoms with E-state index in [1.165, 1.54) is 17.4 Å². The molecule has 2 aliphatic rings. The largest absolute Gasteiger partial charge is 0.379 e. The van der Waals surface area contributed by atoms with Crippen LogP contribution in [0.4, 0.5) is 9.39 Å². The molecule has 1 aromatic carbocycles. The number of nitrogens with one attached hydrogen (secondary N) is 1. The quantitative estimate of drug-likeness (QED) is 0.698. The number of aryl methyl sites for hydroxylation is 1. The minimum absolute atomic E-state index is 0.0324. The molecule has 11 heteroatoms. The lowest BCUT2D eigenvalue weighted by Gasteiger charge is -2.26. The smallest absolute Gasteiger partial charge is 0.256 e. The first kappa shape index (κ1) is 21.9. The van der Waals surface area contributed by atoms with E-state index in [-0.39, 0.29) is 31.9 Å². The number of nitrogens with two attached hydrogens (primary N) is 1. The predicted octanol–water partition coefficient (Wildman–Crippen LogP) is 2.14. The number of hydrogen-bond donors (Lipinski definition) is 2. The molecule has 0 radical (unpaired) electrons. The van der Waals surface area contributed by atoms with Crippen molar-refractivity contribution >= 4 is 38.2 Å². The van der Waals surface area contributed by atoms with Crippen LogP contribution in [0.2, 0.25) is 0 Å². The zero-order valence-electron chi connectivity index (χ0n) is 16.6. The number of morpholine rings is 1. The predicted molar refractivity (Wildman–Crippen MR) is 113 cm³/mol. The minimum atomic E-state index is -4.12. The molecule has 0 atom stereocenters. The van der Waals surface area contributed by atoms with Crippen LogP contribution >= 0.6 is 11.3 Å². The standard InChI is InChI=1S/C20H22FN3O5S2/c21-14-6-5-12(11-16(14)31(27,28)24-7-9-29-10-8-24)19(26)23-20-17(18(22)25)13-3-1-2-4-15(13)30-20/h5-6,11H,1-4,7-10H2,(H2,22,25)(H,23,26). The average molecular weight is 468 g/mol. The number of thiophene rings is 1. The topological polar surface area (TPSA) is 119 Å². The van der Waals surface area contributed by atoms with Crippen molar-refractivity contribution in [3.63, 3.8) is 0 Å². The lowest BCUT2D eigenvalue weighted by atomic mass is 9.95. The Hall–Kier alpha value is -2.34. The van der Waals surface area contributed by atoms with E-state index < -0.39 is 32.6 Å². The van der Waals surface area contributed by atoms with Crippen molar-refractivity contribution in [2.24, 2.45) is 5.73 Å². The summed E-state index contributed by atoms with van der Waals surface area (Å²) in [4.78, 5) is 25.3. The highest BCUT2D eigenvalue weighted by atomic mass is 32.2. The lowest BCUT2D eigenvalue weighted by Crippen LogP contribution is -2.41. The number of primary amides is 1. The van der Waals surface area contributed by atoms with Crippen molar-refractivity contribution in [2.75, 3.05) is 31.6 Å². The van der Waals surface area contributed by atoms with Crippen LogP contribution in [0.1, 0.15) is 44.0 Å². The molecule has 8 nitrogen and oxygen atoms in total. The van der Waals surface area contributed by atoms with Gasteiger partial charge in [0.1, 0.15) is 15.7 Å². The summed E-state index contributed by atoms with van der Waals surface area (Å²) in [5.74, 6) is -2.20. The van der Waals surface area contributed by atoms with Crippen molar-refractivity contribution in [2.45, 2.75) is 30.6 Å². The van der Waals surface area contributed by atoms with Gasteiger partial charge in [0.05, 0.1) is 18.8 Å². The summed E-state index contributed by atoms with van der Waals surface area (Å²) in [5.41, 5.74) is 6.69. The molecule has 3 N–H and O–H groups in total. The van der Waals surface area contributed by atoms with E-state index in [0.29, 0.717) is 10.6 Å². The number of nitrogens with zero attached hydrogens (tertiary/aromatic N) is 1. The van der Waals surface area contributed by atoms with Gasteiger partial charge in [-0.05, 0) is 49.4 Å². The number of carbonyl (C=O) groups is 2. The van der Waals surface area contributed by atoms with E-state index in [2.05, 4.69) is 5.32 Å². The molecule has 2 aromatic rings. The molecule has 1 saturated heterocycles. The molecule has 0 unspecified atom stereocenters. The molecule has 2 heterocycles. The molecule has 1 aliphatic heterocycles. The number of hydrogen-bond acceptors (Lipinski definition) is 6. The molecule has 1 aromatic heterocycles. The number of benzene rings is 1. The van der Waals surface area contributed by atoms with Gasteiger partial charge in [0, 0.05) is 23.5 Å². The monoisotopic (exact) mass is 467 g/mol. The third-order valence-corrected chi connectivity index (χ3v) is 8.55. The Bertz CT molecular complexity index is 1140. The van der Waals surface area contributed by atoms with Crippen LogP contribution in [0.15, 0.2) is 23.1 Å². The first-order valence-corrected chi connectivity index (χ1v) is 12.2. The normalized spacial score (nSPS) is 17.2. The molecular formula is C20H22FN3O5S2. The van der Waals surface area contributed by atoms with Crippen LogP contribution in [-0.2, 0) is 27.6 Å². The van der Waals surface area contributed by atoms with Gasteiger partial charge in [0.2, 0.25) is 10.0 Å². The summed E-state index contributed by atoms with van der Waals surface area (Å²) in [7, 11) is -4.12. The van der Waals surface area contributed by atoms with Crippen molar-refractivity contribution in [1.82, 2.24) is 4.31 Å². The average Bonchev–Trinajstić information content (AvgIpc) is 3.12. The Morgan fingerprint density at radius 1 is 1.16 bits per heavy atom. The second-order valence-electron chi connectivity index (χ2n) is 7.40. The van der Waals surface area contributed by atoms with Gasteiger partial charge >= 0.3 is 0 Å². The first-order chi connectivity index (χ1) is 14.8. The maximum absolute atomic E-state index is 14.4. The molecule has 1 aliphatic carbocycles. The van der Waals surface area contributed by atoms with E-state index in [1.54, 1.807) is 0 Å². The number of halogens is 1. The second-order valence-corrected chi connectivity index (χ2v) is 10.4. The van der Waals surface area contributed by atoms with Gasteiger partial charge < -0.3 is 15.8 Å². The Balaban J connectivity index is 1.64. The molecule has 0 bridgehead atoms. The zero-order chi connectivity index (χ0) is 22.2. The summed E-state index contributed by atoms with van der Waals surface area (Å²) in [5, 5.41) is 3.01. The number of amides is 2. The highest BCUT2D eigenvalue weighted by Gasteiger charge is 2.30. The Morgan fingerprint density at radius 3 is 2.58 bits per heavy atom. The second kappa shape index (κ2) is 8.65. The first-order valence-electron chi connectivity index (χ1n) is 9.92. The van der Waals surface area contributed by atoms with Crippen molar-refractivity contribution in [3.8, 4) is 0 Å². The summed E-state index contributed by atoms with van der Waals surface area (Å²) in [6.45, 7) is 0.668. The van der Waals surface area contributed by atoms with Crippen molar-refractivity contribution in [3.05, 3.63) is 45.6 Å². The minimum Gasteiger partial charge on any atom is -0.379 e. The lowest BCUT2D eigenvalue weighted by molar-refractivity contribution is 0.0729. The molecule has 166 valence electrons. The molecule has 2 amide bonds. The highest BCUT2D eigenvalue weighted by Crippen LogP contribution is 2.38. The van der Waals surface area contributed by atoms with Crippen LogP contribution in [0, 0.1) is 5.82 Å². The SMILES string of the molecule is NC(=O)c1c(NC(=O)c2ccc(F)c(S(=O)(=O)N3CCOCC3)c2)sc2c1CCCC2. The summed E-state index contributed by atoms with van der Waals surface area (Å²) >= 11 is 1.30. The van der Waals surface area contributed by atoms with Gasteiger partial charge in [-0.15, -0.1) is 11.3 Å². The number of carbonyl (C=O) groups excluding carboxylic acids is 2. The van der Waals surface area contributed by atoms with Gasteiger partial charge in [-0.25, -0.2) is 12.8 Å². The van der Waals surface area contributed by atoms with Crippen molar-refractivity contribution < 1.29 is 27.1 Å². The van der Waals surface area contributed by atoms with E-state index in [1.807, 2.05) is 0 Å². The fraction of sp³-hybridized carbons (Fsp3) is 0.400. The maximum atomic E-state index is 14.4. The molecule has 31 heavy (non-hydrogen) atoms. The molecule has 1 fully saturated rings. The highest BCUT2D eigenvalue weighted by molar-refractivity contribution is 7.89. The molecular weight excluding hydrogens is 445 g/mol. The van der Waals surface area contributed by atoms with Gasteiger partial charge in [0.15, 0.2) is 0 Å². The molecule has 0 saturated carbocycles. The summed E-state index contributed by atoms with van der Waals surface area (Å²) in [6.07, 6.45) is 3.48. The number of sulfonamides is 1. The number of anilines is 1. The van der Waals surface area contributed by atoms with E-state index >= 15 is 0 Å². The number of fused-ring (bicyclic) bond motifs is 1. The van der Waals surface area contributed by atoms with Gasteiger partial charge in [0.25, 0.3) is 11.8 Å². The van der Waals surface area contributed by atoms with E-state index in [0.717, 1.165) is 52.6 Å². The van der Waals surface area contributed by atoms with Crippen LogP contribution in [0.5, 0.6) is 0 Å². The Kier molecular flexibility index (Phi) is 6.11. The fourth-order valence-electron chi connectivity index (χ4n) is 3.86. The van der Waals surface area contributed by atoms with E-state index in [9.17, 15) is 22.4 Å². The van der Waals surface area contributed by atoms with Crippen molar-refractivity contribution in [1.29, 1.82) is 0 Å². The zero-order valence-corrected chi connectivity index (χ0v) is 18.3. The summed E-state index contributed by atoms with van der Waals surface area (Å²) in [6, 6.07) is 3.18. The molecule has 4 rings (SSSR count). The van der Waals surface area contributed by atoms with Crippen LogP contribution < -0.4 is 11.1 Å². The Labute approximate surface area is 183 Å². The maximum Gasteiger partial charge on any atom is 0.256 e. The number of rotatable bonds is 5. The third kappa shape index (κ3) is 4.22.